The summed E-state index contributed by atoms with van der Waals surface area (Å²) in [6, 6.07) is -1.21. The fourth-order valence-electron chi connectivity index (χ4n) is 1.78. The molecule has 0 aliphatic rings. The molecule has 20 heavy (non-hydrogen) atoms. The van der Waals surface area contributed by atoms with Crippen LogP contribution in [0.2, 0.25) is 0 Å². The number of ether oxygens (including phenoxy) is 1. The minimum Gasteiger partial charge on any atom is -0.480 e. The molecule has 6 heteroatoms. The van der Waals surface area contributed by atoms with Gasteiger partial charge in [0.05, 0.1) is 13.5 Å². The zero-order valence-electron chi connectivity index (χ0n) is 12.3. The van der Waals surface area contributed by atoms with Gasteiger partial charge in [-0.05, 0) is 6.42 Å². The lowest BCUT2D eigenvalue weighted by Crippen LogP contribution is -2.42. The summed E-state index contributed by atoms with van der Waals surface area (Å²) in [7, 11) is 1.18. The molecule has 0 radical (unpaired) electrons. The topological polar surface area (TPSA) is 92.7 Å². The number of amides is 1. The van der Waals surface area contributed by atoms with Crippen LogP contribution in [0.4, 0.5) is 0 Å². The molecule has 0 spiro atoms. The summed E-state index contributed by atoms with van der Waals surface area (Å²) in [5.41, 5.74) is 0. The van der Waals surface area contributed by atoms with Crippen LogP contribution in [-0.4, -0.2) is 36.1 Å². The summed E-state index contributed by atoms with van der Waals surface area (Å²) in [5.74, 6) is -2.22. The summed E-state index contributed by atoms with van der Waals surface area (Å²) in [6.07, 6.45) is 6.26. The van der Waals surface area contributed by atoms with Crippen LogP contribution in [-0.2, 0) is 19.1 Å². The summed E-state index contributed by atoms with van der Waals surface area (Å²) in [6.45, 7) is 2.14. The lowest BCUT2D eigenvalue weighted by atomic mass is 10.1. The third kappa shape index (κ3) is 9.35. The Labute approximate surface area is 119 Å². The predicted octanol–water partition coefficient (Wildman–Crippen LogP) is 1.87. The number of esters is 1. The first-order chi connectivity index (χ1) is 9.51. The van der Waals surface area contributed by atoms with Crippen molar-refractivity contribution in [2.45, 2.75) is 64.3 Å². The molecule has 0 rings (SSSR count). The minimum absolute atomic E-state index is 0.289. The normalized spacial score (nSPS) is 11.7. The van der Waals surface area contributed by atoms with Gasteiger partial charge in [0.2, 0.25) is 5.91 Å². The second-order valence-corrected chi connectivity index (χ2v) is 4.76. The van der Waals surface area contributed by atoms with Gasteiger partial charge in [0.15, 0.2) is 0 Å². The number of carboxylic acid groups (broad SMARTS) is 1. The first kappa shape index (κ1) is 18.4. The molecule has 0 aliphatic carbocycles. The van der Waals surface area contributed by atoms with Crippen molar-refractivity contribution in [2.24, 2.45) is 0 Å². The van der Waals surface area contributed by atoms with E-state index in [9.17, 15) is 14.4 Å². The molecule has 0 fully saturated rings. The Morgan fingerprint density at radius 3 is 2.25 bits per heavy atom. The van der Waals surface area contributed by atoms with Gasteiger partial charge in [-0.2, -0.15) is 0 Å². The number of carbonyl (C=O) groups excluding carboxylic acids is 2. The fourth-order valence-corrected chi connectivity index (χ4v) is 1.78. The number of unbranched alkanes of at least 4 members (excludes halogenated alkanes) is 5. The Morgan fingerprint density at radius 1 is 1.10 bits per heavy atom. The highest BCUT2D eigenvalue weighted by Gasteiger charge is 2.23. The predicted molar refractivity (Wildman–Crippen MR) is 74.2 cm³/mol. The first-order valence-electron chi connectivity index (χ1n) is 7.10. The number of carboxylic acids is 1. The van der Waals surface area contributed by atoms with Crippen LogP contribution < -0.4 is 5.32 Å². The van der Waals surface area contributed by atoms with Gasteiger partial charge in [-0.3, -0.25) is 9.59 Å². The number of carbonyl (C=O) groups is 3. The van der Waals surface area contributed by atoms with E-state index in [0.717, 1.165) is 25.7 Å². The number of rotatable bonds is 11. The fraction of sp³-hybridized carbons (Fsp3) is 0.786. The molecule has 2 N–H and O–H groups in total. The Balaban J connectivity index is 3.90. The van der Waals surface area contributed by atoms with E-state index < -0.39 is 18.0 Å². The highest BCUT2D eigenvalue weighted by Crippen LogP contribution is 2.07. The van der Waals surface area contributed by atoms with E-state index in [1.54, 1.807) is 0 Å². The second-order valence-electron chi connectivity index (χ2n) is 4.76. The van der Waals surface area contributed by atoms with Crippen molar-refractivity contribution >= 4 is 17.8 Å². The molecule has 1 amide bonds. The largest absolute Gasteiger partial charge is 0.480 e. The molecule has 0 saturated heterocycles. The van der Waals surface area contributed by atoms with Gasteiger partial charge in [0.1, 0.15) is 6.04 Å². The number of hydrogen-bond donors (Lipinski definition) is 2. The van der Waals surface area contributed by atoms with Gasteiger partial charge in [0, 0.05) is 6.42 Å². The van der Waals surface area contributed by atoms with Crippen molar-refractivity contribution in [2.75, 3.05) is 7.11 Å². The molecule has 116 valence electrons. The number of aliphatic carboxylic acids is 1. The highest BCUT2D eigenvalue weighted by molar-refractivity contribution is 5.87. The van der Waals surface area contributed by atoms with E-state index in [1.165, 1.54) is 20.0 Å². The first-order valence-corrected chi connectivity index (χ1v) is 7.10. The van der Waals surface area contributed by atoms with Gasteiger partial charge in [-0.25, -0.2) is 4.79 Å². The molecule has 0 bridgehead atoms. The van der Waals surface area contributed by atoms with E-state index >= 15 is 0 Å². The number of nitrogens with one attached hydrogen (secondary N) is 1. The molecule has 6 nitrogen and oxygen atoms in total. The number of methoxy groups -OCH3 is 1. The molecular weight excluding hydrogens is 262 g/mol. The SMILES string of the molecule is CCCCCCCCC(=O)N[C@@H](CC(=O)OC)C(=O)O. The standard InChI is InChI=1S/C14H25NO5/c1-3-4-5-6-7-8-9-12(16)15-11(14(18)19)10-13(17)20-2/h11H,3-10H2,1-2H3,(H,15,16)(H,18,19)/t11-/m0/s1. The van der Waals surface area contributed by atoms with Gasteiger partial charge in [0.25, 0.3) is 0 Å². The maximum atomic E-state index is 11.6. The van der Waals surface area contributed by atoms with Crippen molar-refractivity contribution in [1.29, 1.82) is 0 Å². The summed E-state index contributed by atoms with van der Waals surface area (Å²) < 4.78 is 4.39. The van der Waals surface area contributed by atoms with Gasteiger partial charge in [-0.15, -0.1) is 0 Å². The van der Waals surface area contributed by atoms with E-state index in [4.69, 9.17) is 5.11 Å². The lowest BCUT2D eigenvalue weighted by Gasteiger charge is -2.13. The van der Waals surface area contributed by atoms with Crippen LogP contribution in [0.3, 0.4) is 0 Å². The van der Waals surface area contributed by atoms with Crippen LogP contribution in [0.5, 0.6) is 0 Å². The van der Waals surface area contributed by atoms with Crippen molar-refractivity contribution in [3.05, 3.63) is 0 Å². The average Bonchev–Trinajstić information content (AvgIpc) is 2.41. The smallest absolute Gasteiger partial charge is 0.326 e. The molecule has 0 unspecified atom stereocenters. The molecule has 1 atom stereocenters. The zero-order valence-corrected chi connectivity index (χ0v) is 12.3. The van der Waals surface area contributed by atoms with Crippen molar-refractivity contribution in [3.63, 3.8) is 0 Å². The maximum absolute atomic E-state index is 11.6. The van der Waals surface area contributed by atoms with Crippen molar-refractivity contribution in [1.82, 2.24) is 5.32 Å². The van der Waals surface area contributed by atoms with Crippen LogP contribution in [0.1, 0.15) is 58.3 Å². The van der Waals surface area contributed by atoms with Crippen LogP contribution in [0.15, 0.2) is 0 Å². The van der Waals surface area contributed by atoms with Crippen LogP contribution in [0.25, 0.3) is 0 Å². The molecule has 0 saturated carbocycles. The monoisotopic (exact) mass is 287 g/mol. The van der Waals surface area contributed by atoms with Gasteiger partial charge < -0.3 is 15.2 Å². The highest BCUT2D eigenvalue weighted by atomic mass is 16.5. The summed E-state index contributed by atoms with van der Waals surface area (Å²) >= 11 is 0. The summed E-state index contributed by atoms with van der Waals surface area (Å²) in [5, 5.41) is 11.3. The van der Waals surface area contributed by atoms with Crippen LogP contribution in [0, 0.1) is 0 Å². The Morgan fingerprint density at radius 2 is 1.70 bits per heavy atom. The molecule has 0 aromatic rings. The van der Waals surface area contributed by atoms with Gasteiger partial charge >= 0.3 is 11.9 Å². The zero-order chi connectivity index (χ0) is 15.4. The molecule has 0 heterocycles. The molecule has 0 aromatic carbocycles. The Bertz CT molecular complexity index is 317. The Hall–Kier alpha value is -1.59. The third-order valence-corrected chi connectivity index (χ3v) is 2.99. The lowest BCUT2D eigenvalue weighted by molar-refractivity contribution is -0.148. The van der Waals surface area contributed by atoms with Gasteiger partial charge in [-0.1, -0.05) is 39.0 Å². The van der Waals surface area contributed by atoms with E-state index in [2.05, 4.69) is 17.0 Å². The molecule has 0 aliphatic heterocycles. The van der Waals surface area contributed by atoms with E-state index in [1.807, 2.05) is 0 Å². The quantitative estimate of drug-likeness (QED) is 0.447. The number of hydrogen-bond acceptors (Lipinski definition) is 4. The third-order valence-electron chi connectivity index (χ3n) is 2.99. The minimum atomic E-state index is -1.23. The second kappa shape index (κ2) is 11.3. The Kier molecular flexibility index (Phi) is 10.4. The van der Waals surface area contributed by atoms with Crippen molar-refractivity contribution < 1.29 is 24.2 Å². The molecule has 0 aromatic heterocycles. The maximum Gasteiger partial charge on any atom is 0.326 e. The average molecular weight is 287 g/mol. The summed E-state index contributed by atoms with van der Waals surface area (Å²) in [4.78, 5) is 33.5. The van der Waals surface area contributed by atoms with E-state index in [-0.39, 0.29) is 18.7 Å². The van der Waals surface area contributed by atoms with E-state index in [0.29, 0.717) is 0 Å². The van der Waals surface area contributed by atoms with Crippen molar-refractivity contribution in [3.8, 4) is 0 Å². The molecular formula is C14H25NO5. The van der Waals surface area contributed by atoms with Crippen LogP contribution >= 0.6 is 0 Å².